The molecule has 0 saturated heterocycles. The van der Waals surface area contributed by atoms with E-state index in [0.29, 0.717) is 28.3 Å². The van der Waals surface area contributed by atoms with E-state index in [2.05, 4.69) is 15.4 Å². The first-order chi connectivity index (χ1) is 15.4. The van der Waals surface area contributed by atoms with Crippen molar-refractivity contribution < 1.29 is 18.3 Å². The second-order valence-corrected chi connectivity index (χ2v) is 7.31. The van der Waals surface area contributed by atoms with Crippen molar-refractivity contribution in [2.45, 2.75) is 20.0 Å². The number of hydrogen-bond donors (Lipinski definition) is 1. The predicted molar refractivity (Wildman–Crippen MR) is 117 cm³/mol. The Kier molecular flexibility index (Phi) is 5.93. The Morgan fingerprint density at radius 2 is 1.62 bits per heavy atom. The maximum Gasteiger partial charge on any atom is 0.336 e. The Morgan fingerprint density at radius 3 is 2.28 bits per heavy atom. The van der Waals surface area contributed by atoms with Gasteiger partial charge in [-0.05, 0) is 80.6 Å². The predicted octanol–water partition coefficient (Wildman–Crippen LogP) is 5.25. The molecule has 0 aliphatic carbocycles. The highest BCUT2D eigenvalue weighted by atomic mass is 19.1. The zero-order chi connectivity index (χ0) is 22.7. The molecule has 0 radical (unpaired) electrons. The molecule has 32 heavy (non-hydrogen) atoms. The van der Waals surface area contributed by atoms with Crippen molar-refractivity contribution in [2.24, 2.45) is 0 Å². The van der Waals surface area contributed by atoms with E-state index < -0.39 is 5.82 Å². The average molecular weight is 434 g/mol. The normalized spacial score (nSPS) is 10.9. The van der Waals surface area contributed by atoms with E-state index in [9.17, 15) is 13.6 Å². The van der Waals surface area contributed by atoms with E-state index in [-0.39, 0.29) is 23.8 Å². The van der Waals surface area contributed by atoms with Gasteiger partial charge in [0.05, 0.1) is 11.8 Å². The zero-order valence-electron chi connectivity index (χ0n) is 17.4. The fourth-order valence-corrected chi connectivity index (χ4v) is 3.04. The monoisotopic (exact) mass is 434 g/mol. The van der Waals surface area contributed by atoms with Gasteiger partial charge in [-0.3, -0.25) is 4.79 Å². The molecular weight excluding hydrogens is 414 g/mol. The molecule has 0 unspecified atom stereocenters. The summed E-state index contributed by atoms with van der Waals surface area (Å²) in [5.41, 5.74) is 2.12. The van der Waals surface area contributed by atoms with Crippen LogP contribution in [0.5, 0.6) is 6.01 Å². The lowest BCUT2D eigenvalue weighted by Gasteiger charge is -2.09. The van der Waals surface area contributed by atoms with Crippen molar-refractivity contribution in [3.05, 3.63) is 90.0 Å². The van der Waals surface area contributed by atoms with Gasteiger partial charge in [0.15, 0.2) is 5.82 Å². The first kappa shape index (κ1) is 21.2. The van der Waals surface area contributed by atoms with Crippen molar-refractivity contribution in [1.82, 2.24) is 14.8 Å². The molecule has 1 heterocycles. The van der Waals surface area contributed by atoms with Crippen LogP contribution >= 0.6 is 0 Å². The van der Waals surface area contributed by atoms with Gasteiger partial charge in [0.1, 0.15) is 11.6 Å². The second-order valence-electron chi connectivity index (χ2n) is 7.31. The Labute approximate surface area is 183 Å². The van der Waals surface area contributed by atoms with Crippen molar-refractivity contribution in [2.75, 3.05) is 5.32 Å². The van der Waals surface area contributed by atoms with Crippen LogP contribution in [-0.2, 0) is 0 Å². The van der Waals surface area contributed by atoms with Crippen LogP contribution in [0, 0.1) is 11.6 Å². The first-order valence-electron chi connectivity index (χ1n) is 9.96. The number of halogens is 2. The minimum atomic E-state index is -0.414. The number of carbonyl (C=O) groups excluding carboxylic acids is 1. The molecule has 8 heteroatoms. The number of rotatable bonds is 6. The number of nitrogens with one attached hydrogen (secondary N) is 1. The topological polar surface area (TPSA) is 69.0 Å². The van der Waals surface area contributed by atoms with Crippen molar-refractivity contribution >= 4 is 11.6 Å². The third kappa shape index (κ3) is 4.80. The SMILES string of the molecule is CC(C)Oc1nc(-c2ccc(F)cc2)n(-c2cccc(NC(=O)c3ccc(F)cc3)c2)n1. The molecule has 1 N–H and O–H groups in total. The fraction of sp³-hybridized carbons (Fsp3) is 0.125. The summed E-state index contributed by atoms with van der Waals surface area (Å²) < 4.78 is 33.7. The minimum absolute atomic E-state index is 0.131. The van der Waals surface area contributed by atoms with Gasteiger partial charge in [-0.15, -0.1) is 5.10 Å². The molecular formula is C24H20F2N4O2. The van der Waals surface area contributed by atoms with Gasteiger partial charge in [0, 0.05) is 16.8 Å². The van der Waals surface area contributed by atoms with Gasteiger partial charge < -0.3 is 10.1 Å². The lowest BCUT2D eigenvalue weighted by atomic mass is 10.2. The second kappa shape index (κ2) is 8.97. The molecule has 0 spiro atoms. The third-order valence-electron chi connectivity index (χ3n) is 4.49. The first-order valence-corrected chi connectivity index (χ1v) is 9.96. The largest absolute Gasteiger partial charge is 0.460 e. The van der Waals surface area contributed by atoms with E-state index in [1.54, 1.807) is 41.1 Å². The summed E-state index contributed by atoms with van der Waals surface area (Å²) in [5, 5.41) is 7.23. The minimum Gasteiger partial charge on any atom is -0.460 e. The number of benzene rings is 3. The van der Waals surface area contributed by atoms with Crippen LogP contribution in [-0.4, -0.2) is 26.8 Å². The molecule has 4 aromatic rings. The Hall–Kier alpha value is -4.07. The molecule has 3 aromatic carbocycles. The highest BCUT2D eigenvalue weighted by Gasteiger charge is 2.16. The summed E-state index contributed by atoms with van der Waals surface area (Å²) >= 11 is 0. The fourth-order valence-electron chi connectivity index (χ4n) is 3.04. The van der Waals surface area contributed by atoms with Gasteiger partial charge in [0.25, 0.3) is 5.91 Å². The summed E-state index contributed by atoms with van der Waals surface area (Å²) in [6, 6.07) is 18.4. The molecule has 4 rings (SSSR count). The van der Waals surface area contributed by atoms with E-state index in [1.807, 2.05) is 13.8 Å². The van der Waals surface area contributed by atoms with E-state index >= 15 is 0 Å². The highest BCUT2D eigenvalue weighted by molar-refractivity contribution is 6.04. The quantitative estimate of drug-likeness (QED) is 0.450. The van der Waals surface area contributed by atoms with Crippen molar-refractivity contribution in [3.63, 3.8) is 0 Å². The summed E-state index contributed by atoms with van der Waals surface area (Å²) in [5.74, 6) is -0.683. The van der Waals surface area contributed by atoms with Crippen LogP contribution in [0.4, 0.5) is 14.5 Å². The van der Waals surface area contributed by atoms with Gasteiger partial charge >= 0.3 is 6.01 Å². The number of carbonyl (C=O) groups is 1. The zero-order valence-corrected chi connectivity index (χ0v) is 17.4. The van der Waals surface area contributed by atoms with E-state index in [0.717, 1.165) is 0 Å². The lowest BCUT2D eigenvalue weighted by molar-refractivity contribution is 0.102. The molecule has 1 aromatic heterocycles. The Morgan fingerprint density at radius 1 is 0.969 bits per heavy atom. The van der Waals surface area contributed by atoms with Gasteiger partial charge in [-0.2, -0.15) is 4.98 Å². The summed E-state index contributed by atoms with van der Waals surface area (Å²) in [6.45, 7) is 3.73. The number of ether oxygens (including phenoxy) is 1. The molecule has 0 aliphatic heterocycles. The maximum absolute atomic E-state index is 13.4. The van der Waals surface area contributed by atoms with E-state index in [4.69, 9.17) is 4.74 Å². The van der Waals surface area contributed by atoms with Crippen LogP contribution in [0.1, 0.15) is 24.2 Å². The van der Waals surface area contributed by atoms with Crippen LogP contribution < -0.4 is 10.1 Å². The van der Waals surface area contributed by atoms with Crippen LogP contribution in [0.3, 0.4) is 0 Å². The molecule has 162 valence electrons. The number of hydrogen-bond acceptors (Lipinski definition) is 4. The molecule has 0 saturated carbocycles. The van der Waals surface area contributed by atoms with Crippen LogP contribution in [0.25, 0.3) is 17.1 Å². The molecule has 0 bridgehead atoms. The number of anilines is 1. The lowest BCUT2D eigenvalue weighted by Crippen LogP contribution is -2.12. The standard InChI is InChI=1S/C24H20F2N4O2/c1-15(2)32-24-28-22(16-6-10-18(25)11-7-16)30(29-24)21-5-3-4-20(14-21)27-23(31)17-8-12-19(26)13-9-17/h3-15H,1-2H3,(H,27,31). The number of aromatic nitrogens is 3. The smallest absolute Gasteiger partial charge is 0.336 e. The van der Waals surface area contributed by atoms with Gasteiger partial charge in [0.2, 0.25) is 0 Å². The van der Waals surface area contributed by atoms with Gasteiger partial charge in [-0.1, -0.05) is 6.07 Å². The summed E-state index contributed by atoms with van der Waals surface area (Å²) in [4.78, 5) is 17.0. The number of nitrogens with zero attached hydrogens (tertiary/aromatic N) is 3. The van der Waals surface area contributed by atoms with Gasteiger partial charge in [-0.25, -0.2) is 13.5 Å². The third-order valence-corrected chi connectivity index (χ3v) is 4.49. The number of amides is 1. The van der Waals surface area contributed by atoms with Crippen molar-refractivity contribution in [1.29, 1.82) is 0 Å². The average Bonchev–Trinajstić information content (AvgIpc) is 3.18. The molecule has 6 nitrogen and oxygen atoms in total. The molecule has 0 atom stereocenters. The Balaban J connectivity index is 1.68. The maximum atomic E-state index is 13.4. The van der Waals surface area contributed by atoms with Crippen LogP contribution in [0.15, 0.2) is 72.8 Å². The van der Waals surface area contributed by atoms with E-state index in [1.165, 1.54) is 36.4 Å². The molecule has 0 aliphatic rings. The molecule has 0 fully saturated rings. The summed E-state index contributed by atoms with van der Waals surface area (Å²) in [6.07, 6.45) is -0.131. The molecule has 1 amide bonds. The summed E-state index contributed by atoms with van der Waals surface area (Å²) in [7, 11) is 0. The Bertz CT molecular complexity index is 1240. The van der Waals surface area contributed by atoms with Crippen molar-refractivity contribution in [3.8, 4) is 23.1 Å². The highest BCUT2D eigenvalue weighted by Crippen LogP contribution is 2.26. The van der Waals surface area contributed by atoms with Crippen LogP contribution in [0.2, 0.25) is 0 Å².